The molecule has 1 amide bonds. The average molecular weight is 368 g/mol. The average Bonchev–Trinajstić information content (AvgIpc) is 2.58. The van der Waals surface area contributed by atoms with Crippen LogP contribution < -0.4 is 10.1 Å². The third-order valence-electron chi connectivity index (χ3n) is 3.14. The lowest BCUT2D eigenvalue weighted by atomic mass is 10.2. The smallest absolute Gasteiger partial charge is 0.337 e. The third-order valence-corrected chi connectivity index (χ3v) is 3.71. The second-order valence-electron chi connectivity index (χ2n) is 4.89. The largest absolute Gasteiger partial charge is 0.481 e. The van der Waals surface area contributed by atoms with Gasteiger partial charge in [0.15, 0.2) is 6.10 Å². The summed E-state index contributed by atoms with van der Waals surface area (Å²) in [6, 6.07) is 11.1. The number of methoxy groups -OCH3 is 1. The van der Waals surface area contributed by atoms with E-state index in [1.807, 2.05) is 0 Å². The molecule has 0 saturated heterocycles. The first kappa shape index (κ1) is 18.1. The lowest BCUT2D eigenvalue weighted by molar-refractivity contribution is -0.122. The van der Waals surface area contributed by atoms with Gasteiger partial charge in [0, 0.05) is 5.02 Å². The van der Waals surface area contributed by atoms with Crippen LogP contribution in [-0.4, -0.2) is 25.1 Å². The van der Waals surface area contributed by atoms with E-state index in [2.05, 4.69) is 10.1 Å². The number of carbonyl (C=O) groups excluding carboxylic acids is 2. The van der Waals surface area contributed by atoms with Crippen LogP contribution in [0.15, 0.2) is 42.5 Å². The summed E-state index contributed by atoms with van der Waals surface area (Å²) in [4.78, 5) is 23.6. The van der Waals surface area contributed by atoms with E-state index in [1.165, 1.54) is 7.11 Å². The van der Waals surface area contributed by atoms with E-state index < -0.39 is 12.1 Å². The van der Waals surface area contributed by atoms with Gasteiger partial charge < -0.3 is 14.8 Å². The monoisotopic (exact) mass is 367 g/mol. The molecule has 2 aromatic rings. The highest BCUT2D eigenvalue weighted by Crippen LogP contribution is 2.25. The van der Waals surface area contributed by atoms with Gasteiger partial charge in [-0.3, -0.25) is 4.79 Å². The van der Waals surface area contributed by atoms with Crippen molar-refractivity contribution in [3.05, 3.63) is 58.1 Å². The van der Waals surface area contributed by atoms with E-state index in [1.54, 1.807) is 49.4 Å². The predicted octanol–water partition coefficient (Wildman–Crippen LogP) is 4.19. The molecular formula is C17H15Cl2NO4. The van der Waals surface area contributed by atoms with Gasteiger partial charge in [-0.05, 0) is 49.4 Å². The highest BCUT2D eigenvalue weighted by molar-refractivity contribution is 6.35. The zero-order valence-corrected chi connectivity index (χ0v) is 14.5. The number of benzene rings is 2. The minimum absolute atomic E-state index is 0.377. The Bertz CT molecular complexity index is 747. The molecule has 126 valence electrons. The maximum Gasteiger partial charge on any atom is 0.337 e. The molecule has 0 spiro atoms. The Balaban J connectivity index is 2.01. The van der Waals surface area contributed by atoms with Crippen LogP contribution in [-0.2, 0) is 9.53 Å². The van der Waals surface area contributed by atoms with Gasteiger partial charge in [0.25, 0.3) is 5.91 Å². The first-order valence-electron chi connectivity index (χ1n) is 7.01. The number of ether oxygens (including phenoxy) is 2. The van der Waals surface area contributed by atoms with Crippen molar-refractivity contribution in [3.63, 3.8) is 0 Å². The first-order chi connectivity index (χ1) is 11.4. The van der Waals surface area contributed by atoms with Crippen LogP contribution in [0.2, 0.25) is 10.0 Å². The number of halogens is 2. The van der Waals surface area contributed by atoms with Crippen molar-refractivity contribution in [3.8, 4) is 5.75 Å². The molecule has 0 unspecified atom stereocenters. The van der Waals surface area contributed by atoms with Crippen LogP contribution in [0.5, 0.6) is 5.75 Å². The molecule has 0 aliphatic rings. The molecule has 0 bridgehead atoms. The molecule has 0 saturated carbocycles. The minimum atomic E-state index is -0.774. The Kier molecular flexibility index (Phi) is 6.06. The van der Waals surface area contributed by atoms with Gasteiger partial charge in [0.2, 0.25) is 0 Å². The Hall–Kier alpha value is -2.24. The zero-order valence-electron chi connectivity index (χ0n) is 13.0. The molecule has 0 fully saturated rings. The van der Waals surface area contributed by atoms with Crippen LogP contribution >= 0.6 is 23.2 Å². The van der Waals surface area contributed by atoms with Gasteiger partial charge >= 0.3 is 5.97 Å². The van der Waals surface area contributed by atoms with Crippen LogP contribution in [0, 0.1) is 0 Å². The number of esters is 1. The number of hydrogen-bond donors (Lipinski definition) is 1. The van der Waals surface area contributed by atoms with Gasteiger partial charge in [-0.15, -0.1) is 0 Å². The summed E-state index contributed by atoms with van der Waals surface area (Å²) < 4.78 is 10.2. The predicted molar refractivity (Wildman–Crippen MR) is 93.0 cm³/mol. The maximum atomic E-state index is 12.2. The second kappa shape index (κ2) is 8.04. The van der Waals surface area contributed by atoms with Crippen LogP contribution in [0.4, 0.5) is 5.69 Å². The summed E-state index contributed by atoms with van der Waals surface area (Å²) in [6.07, 6.45) is -0.774. The molecule has 24 heavy (non-hydrogen) atoms. The summed E-state index contributed by atoms with van der Waals surface area (Å²) in [6.45, 7) is 1.60. The number of hydrogen-bond acceptors (Lipinski definition) is 4. The molecule has 0 radical (unpaired) electrons. The Morgan fingerprint density at radius 2 is 1.75 bits per heavy atom. The number of anilines is 1. The van der Waals surface area contributed by atoms with E-state index in [0.717, 1.165) is 0 Å². The molecule has 5 nitrogen and oxygen atoms in total. The summed E-state index contributed by atoms with van der Waals surface area (Å²) in [5, 5.41) is 3.49. The maximum absolute atomic E-state index is 12.2. The molecule has 0 aromatic heterocycles. The standard InChI is InChI=1S/C17H15Cl2NO4/c1-10(16(21)20-15-9-12(18)5-8-14(15)19)24-13-6-3-11(4-7-13)17(22)23-2/h3-10H,1-2H3,(H,20,21)/t10-/m0/s1. The van der Waals surface area contributed by atoms with Gasteiger partial charge in [0.05, 0.1) is 23.4 Å². The molecule has 0 aliphatic carbocycles. The highest BCUT2D eigenvalue weighted by atomic mass is 35.5. The van der Waals surface area contributed by atoms with Crippen molar-refractivity contribution < 1.29 is 19.1 Å². The number of nitrogens with one attached hydrogen (secondary N) is 1. The fraction of sp³-hybridized carbons (Fsp3) is 0.176. The van der Waals surface area contributed by atoms with E-state index in [0.29, 0.717) is 27.0 Å². The fourth-order valence-corrected chi connectivity index (χ4v) is 2.21. The normalized spacial score (nSPS) is 11.5. The SMILES string of the molecule is COC(=O)c1ccc(O[C@@H](C)C(=O)Nc2cc(Cl)ccc2Cl)cc1. The van der Waals surface area contributed by atoms with Crippen molar-refractivity contribution in [2.45, 2.75) is 13.0 Å². The van der Waals surface area contributed by atoms with Gasteiger partial charge in [-0.1, -0.05) is 23.2 Å². The fourth-order valence-electron chi connectivity index (χ4n) is 1.87. The molecule has 0 aliphatic heterocycles. The highest BCUT2D eigenvalue weighted by Gasteiger charge is 2.16. The topological polar surface area (TPSA) is 64.6 Å². The van der Waals surface area contributed by atoms with Crippen LogP contribution in [0.25, 0.3) is 0 Å². The van der Waals surface area contributed by atoms with Crippen molar-refractivity contribution >= 4 is 40.8 Å². The van der Waals surface area contributed by atoms with E-state index in [9.17, 15) is 9.59 Å². The van der Waals surface area contributed by atoms with E-state index in [4.69, 9.17) is 27.9 Å². The molecule has 2 aromatic carbocycles. The third kappa shape index (κ3) is 4.63. The summed E-state index contributed by atoms with van der Waals surface area (Å²) in [7, 11) is 1.31. The molecule has 1 atom stereocenters. The van der Waals surface area contributed by atoms with Crippen molar-refractivity contribution in [1.29, 1.82) is 0 Å². The lowest BCUT2D eigenvalue weighted by Gasteiger charge is -2.15. The van der Waals surface area contributed by atoms with E-state index >= 15 is 0 Å². The number of rotatable bonds is 5. The molecule has 1 N–H and O–H groups in total. The van der Waals surface area contributed by atoms with E-state index in [-0.39, 0.29) is 5.91 Å². The summed E-state index contributed by atoms with van der Waals surface area (Å²) in [5.74, 6) is -0.373. The molecular weight excluding hydrogens is 353 g/mol. The quantitative estimate of drug-likeness (QED) is 0.804. The van der Waals surface area contributed by atoms with Crippen LogP contribution in [0.3, 0.4) is 0 Å². The Morgan fingerprint density at radius 1 is 1.08 bits per heavy atom. The summed E-state index contributed by atoms with van der Waals surface area (Å²) in [5.41, 5.74) is 0.804. The first-order valence-corrected chi connectivity index (χ1v) is 7.77. The zero-order chi connectivity index (χ0) is 17.7. The molecule has 7 heteroatoms. The van der Waals surface area contributed by atoms with Gasteiger partial charge in [-0.2, -0.15) is 0 Å². The summed E-state index contributed by atoms with van der Waals surface area (Å²) >= 11 is 11.9. The van der Waals surface area contributed by atoms with Crippen LogP contribution in [0.1, 0.15) is 17.3 Å². The Morgan fingerprint density at radius 3 is 2.38 bits per heavy atom. The Labute approximate surface area is 149 Å². The molecule has 2 rings (SSSR count). The van der Waals surface area contributed by atoms with Gasteiger partial charge in [-0.25, -0.2) is 4.79 Å². The minimum Gasteiger partial charge on any atom is -0.481 e. The number of carbonyl (C=O) groups is 2. The number of amides is 1. The lowest BCUT2D eigenvalue weighted by Crippen LogP contribution is -2.30. The second-order valence-corrected chi connectivity index (χ2v) is 5.73. The van der Waals surface area contributed by atoms with Crippen molar-refractivity contribution in [1.82, 2.24) is 0 Å². The van der Waals surface area contributed by atoms with Gasteiger partial charge in [0.1, 0.15) is 5.75 Å². The van der Waals surface area contributed by atoms with Crippen molar-refractivity contribution in [2.75, 3.05) is 12.4 Å². The van der Waals surface area contributed by atoms with Crippen molar-refractivity contribution in [2.24, 2.45) is 0 Å². The molecule has 0 heterocycles.